The zero-order chi connectivity index (χ0) is 10.2. The van der Waals surface area contributed by atoms with E-state index in [1.165, 1.54) is 12.8 Å². The highest BCUT2D eigenvalue weighted by Gasteiger charge is 2.19. The number of carbonyl (C=O) groups is 1. The zero-order valence-corrected chi connectivity index (χ0v) is 8.84. The highest BCUT2D eigenvalue weighted by Crippen LogP contribution is 2.18. The van der Waals surface area contributed by atoms with Crippen LogP contribution < -0.4 is 10.6 Å². The summed E-state index contributed by atoms with van der Waals surface area (Å²) in [5.41, 5.74) is 0. The Morgan fingerprint density at radius 1 is 1.43 bits per heavy atom. The first-order valence-electron chi connectivity index (χ1n) is 5.32. The molecule has 0 aromatic heterocycles. The van der Waals surface area contributed by atoms with Gasteiger partial charge in [0.05, 0.1) is 0 Å². The lowest BCUT2D eigenvalue weighted by atomic mass is 10.3. The molecule has 4 nitrogen and oxygen atoms in total. The van der Waals surface area contributed by atoms with Crippen LogP contribution in [0.4, 0.5) is 0 Å². The fourth-order valence-corrected chi connectivity index (χ4v) is 1.21. The number of hydrogen-bond acceptors (Lipinski definition) is 3. The van der Waals surface area contributed by atoms with Crippen molar-refractivity contribution in [2.75, 3.05) is 26.8 Å². The third kappa shape index (κ3) is 5.94. The quantitative estimate of drug-likeness (QED) is 0.553. The molecule has 82 valence electrons. The van der Waals surface area contributed by atoms with E-state index in [9.17, 15) is 4.79 Å². The number of carbonyl (C=O) groups excluding carboxylic acids is 1. The van der Waals surface area contributed by atoms with Crippen LogP contribution in [-0.4, -0.2) is 38.8 Å². The largest absolute Gasteiger partial charge is 0.385 e. The molecule has 1 rings (SSSR count). The molecule has 0 aromatic rings. The fraction of sp³-hybridized carbons (Fsp3) is 0.900. The van der Waals surface area contributed by atoms with Gasteiger partial charge in [-0.2, -0.15) is 0 Å². The molecule has 0 heterocycles. The summed E-state index contributed by atoms with van der Waals surface area (Å²) >= 11 is 0. The first-order valence-corrected chi connectivity index (χ1v) is 5.32. The van der Waals surface area contributed by atoms with Crippen molar-refractivity contribution < 1.29 is 9.53 Å². The predicted octanol–water partition coefficient (Wildman–Crippen LogP) is 0.281. The zero-order valence-electron chi connectivity index (χ0n) is 8.84. The minimum absolute atomic E-state index is 0.134. The van der Waals surface area contributed by atoms with Crippen LogP contribution in [0, 0.1) is 0 Å². The second-order valence-electron chi connectivity index (χ2n) is 3.67. The molecule has 0 saturated heterocycles. The average molecular weight is 200 g/mol. The van der Waals surface area contributed by atoms with Gasteiger partial charge in [0.15, 0.2) is 0 Å². The molecule has 2 N–H and O–H groups in total. The minimum atomic E-state index is 0.134. The molecule has 0 spiro atoms. The van der Waals surface area contributed by atoms with E-state index < -0.39 is 0 Å². The van der Waals surface area contributed by atoms with E-state index >= 15 is 0 Å². The Morgan fingerprint density at radius 3 is 2.86 bits per heavy atom. The molecule has 0 bridgehead atoms. The van der Waals surface area contributed by atoms with E-state index in [-0.39, 0.29) is 5.91 Å². The van der Waals surface area contributed by atoms with Crippen LogP contribution >= 0.6 is 0 Å². The van der Waals surface area contributed by atoms with Crippen LogP contribution in [0.5, 0.6) is 0 Å². The Morgan fingerprint density at radius 2 is 2.21 bits per heavy atom. The van der Waals surface area contributed by atoms with Gasteiger partial charge in [-0.15, -0.1) is 0 Å². The normalized spacial score (nSPS) is 15.5. The third-order valence-electron chi connectivity index (χ3n) is 2.21. The van der Waals surface area contributed by atoms with E-state index in [1.807, 2.05) is 0 Å². The molecule has 4 heteroatoms. The number of nitrogens with one attached hydrogen (secondary N) is 2. The molecule has 1 aliphatic carbocycles. The van der Waals surface area contributed by atoms with Crippen LogP contribution in [0.15, 0.2) is 0 Å². The summed E-state index contributed by atoms with van der Waals surface area (Å²) in [4.78, 5) is 11.2. The molecule has 0 aromatic carbocycles. The number of methoxy groups -OCH3 is 1. The average Bonchev–Trinajstić information content (AvgIpc) is 2.96. The second-order valence-corrected chi connectivity index (χ2v) is 3.67. The summed E-state index contributed by atoms with van der Waals surface area (Å²) in [6, 6.07) is 0.691. The fourth-order valence-electron chi connectivity index (χ4n) is 1.21. The van der Waals surface area contributed by atoms with Crippen LogP contribution in [0.3, 0.4) is 0 Å². The van der Waals surface area contributed by atoms with Gasteiger partial charge in [0, 0.05) is 39.3 Å². The van der Waals surface area contributed by atoms with E-state index in [0.717, 1.165) is 19.5 Å². The highest BCUT2D eigenvalue weighted by atomic mass is 16.5. The summed E-state index contributed by atoms with van der Waals surface area (Å²) in [5.74, 6) is 0.134. The van der Waals surface area contributed by atoms with Gasteiger partial charge in [0.1, 0.15) is 0 Å². The Hall–Kier alpha value is -0.610. The van der Waals surface area contributed by atoms with Gasteiger partial charge in [-0.1, -0.05) is 0 Å². The number of amides is 1. The maximum atomic E-state index is 11.2. The Labute approximate surface area is 85.4 Å². The van der Waals surface area contributed by atoms with E-state index in [4.69, 9.17) is 4.74 Å². The van der Waals surface area contributed by atoms with Crippen molar-refractivity contribution in [3.8, 4) is 0 Å². The van der Waals surface area contributed by atoms with Crippen molar-refractivity contribution >= 4 is 5.91 Å². The topological polar surface area (TPSA) is 50.4 Å². The standard InChI is InChI=1S/C10H20N2O2/c1-14-8-2-6-12-10(13)5-7-11-9-3-4-9/h9,11H,2-8H2,1H3,(H,12,13). The second kappa shape index (κ2) is 6.79. The van der Waals surface area contributed by atoms with Crippen molar-refractivity contribution in [2.45, 2.75) is 31.7 Å². The van der Waals surface area contributed by atoms with Crippen molar-refractivity contribution in [3.63, 3.8) is 0 Å². The smallest absolute Gasteiger partial charge is 0.221 e. The summed E-state index contributed by atoms with van der Waals surface area (Å²) in [5, 5.41) is 6.16. The van der Waals surface area contributed by atoms with Gasteiger partial charge in [-0.3, -0.25) is 4.79 Å². The minimum Gasteiger partial charge on any atom is -0.385 e. The predicted molar refractivity (Wildman–Crippen MR) is 55.1 cm³/mol. The van der Waals surface area contributed by atoms with Crippen LogP contribution in [0.25, 0.3) is 0 Å². The molecule has 14 heavy (non-hydrogen) atoms. The van der Waals surface area contributed by atoms with Gasteiger partial charge >= 0.3 is 0 Å². The molecule has 1 amide bonds. The Kier molecular flexibility index (Phi) is 5.56. The first-order chi connectivity index (χ1) is 6.83. The molecule has 1 fully saturated rings. The van der Waals surface area contributed by atoms with Crippen LogP contribution in [0.1, 0.15) is 25.7 Å². The summed E-state index contributed by atoms with van der Waals surface area (Å²) in [6.45, 7) is 2.23. The maximum Gasteiger partial charge on any atom is 0.221 e. The lowest BCUT2D eigenvalue weighted by Crippen LogP contribution is -2.29. The van der Waals surface area contributed by atoms with E-state index in [0.29, 0.717) is 19.1 Å². The molecule has 0 unspecified atom stereocenters. The number of rotatable bonds is 8. The van der Waals surface area contributed by atoms with Gasteiger partial charge < -0.3 is 15.4 Å². The van der Waals surface area contributed by atoms with Gasteiger partial charge in [0.2, 0.25) is 5.91 Å². The van der Waals surface area contributed by atoms with Gasteiger partial charge in [-0.05, 0) is 19.3 Å². The summed E-state index contributed by atoms with van der Waals surface area (Å²) in [6.07, 6.45) is 4.02. The van der Waals surface area contributed by atoms with Crippen molar-refractivity contribution in [1.29, 1.82) is 0 Å². The molecule has 1 saturated carbocycles. The molecule has 0 radical (unpaired) electrons. The monoisotopic (exact) mass is 200 g/mol. The molecule has 1 aliphatic rings. The SMILES string of the molecule is COCCCNC(=O)CCNC1CC1. The van der Waals surface area contributed by atoms with Gasteiger partial charge in [0.25, 0.3) is 0 Å². The van der Waals surface area contributed by atoms with E-state index in [1.54, 1.807) is 7.11 Å². The molecular weight excluding hydrogens is 180 g/mol. The van der Waals surface area contributed by atoms with E-state index in [2.05, 4.69) is 10.6 Å². The lowest BCUT2D eigenvalue weighted by molar-refractivity contribution is -0.121. The lowest BCUT2D eigenvalue weighted by Gasteiger charge is -2.05. The van der Waals surface area contributed by atoms with Crippen molar-refractivity contribution in [2.24, 2.45) is 0 Å². The van der Waals surface area contributed by atoms with Crippen molar-refractivity contribution in [1.82, 2.24) is 10.6 Å². The Balaban J connectivity index is 1.82. The highest BCUT2D eigenvalue weighted by molar-refractivity contribution is 5.75. The van der Waals surface area contributed by atoms with Crippen LogP contribution in [-0.2, 0) is 9.53 Å². The molecule has 0 aliphatic heterocycles. The third-order valence-corrected chi connectivity index (χ3v) is 2.21. The van der Waals surface area contributed by atoms with Crippen LogP contribution in [0.2, 0.25) is 0 Å². The number of ether oxygens (including phenoxy) is 1. The van der Waals surface area contributed by atoms with Gasteiger partial charge in [-0.25, -0.2) is 0 Å². The van der Waals surface area contributed by atoms with Crippen molar-refractivity contribution in [3.05, 3.63) is 0 Å². The summed E-state index contributed by atoms with van der Waals surface area (Å²) < 4.78 is 4.88. The molecule has 0 atom stereocenters. The maximum absolute atomic E-state index is 11.2. The first kappa shape index (κ1) is 11.5. The Bertz CT molecular complexity index is 170. The number of hydrogen-bond donors (Lipinski definition) is 2. The summed E-state index contributed by atoms with van der Waals surface area (Å²) in [7, 11) is 1.67. The molecular formula is C10H20N2O2.